The molecule has 1 rings (SSSR count). The van der Waals surface area contributed by atoms with E-state index in [1.54, 1.807) is 0 Å². The standard InChI is InChI=1S/C7H12O5S/c1-4(7(9)10)5-2-13(11,12)3-6(5)8/h4-6,8H,2-3H2,1H3,(H,9,10). The molecule has 0 bridgehead atoms. The Kier molecular flexibility index (Phi) is 2.63. The van der Waals surface area contributed by atoms with E-state index in [9.17, 15) is 18.3 Å². The van der Waals surface area contributed by atoms with Gasteiger partial charge in [-0.25, -0.2) is 8.42 Å². The second kappa shape index (κ2) is 3.26. The zero-order chi connectivity index (χ0) is 10.2. The minimum Gasteiger partial charge on any atom is -0.481 e. The van der Waals surface area contributed by atoms with Gasteiger partial charge in [0, 0.05) is 5.92 Å². The minimum atomic E-state index is -3.24. The van der Waals surface area contributed by atoms with E-state index in [0.29, 0.717) is 0 Å². The van der Waals surface area contributed by atoms with Crippen LogP contribution in [0.15, 0.2) is 0 Å². The van der Waals surface area contributed by atoms with Crippen LogP contribution in [0.1, 0.15) is 6.92 Å². The number of aliphatic hydroxyl groups excluding tert-OH is 1. The van der Waals surface area contributed by atoms with Crippen molar-refractivity contribution in [1.82, 2.24) is 0 Å². The van der Waals surface area contributed by atoms with Gasteiger partial charge in [0.05, 0.1) is 23.5 Å². The number of sulfone groups is 1. The molecule has 0 amide bonds. The Morgan fingerprint density at radius 1 is 1.46 bits per heavy atom. The quantitative estimate of drug-likeness (QED) is 0.614. The lowest BCUT2D eigenvalue weighted by Crippen LogP contribution is -2.29. The van der Waals surface area contributed by atoms with Crippen molar-refractivity contribution in [3.63, 3.8) is 0 Å². The van der Waals surface area contributed by atoms with Crippen LogP contribution in [0.2, 0.25) is 0 Å². The molecule has 0 radical (unpaired) electrons. The Labute approximate surface area is 76.3 Å². The Bertz CT molecular complexity index is 307. The van der Waals surface area contributed by atoms with Crippen LogP contribution in [0.3, 0.4) is 0 Å². The fraction of sp³-hybridized carbons (Fsp3) is 0.857. The largest absolute Gasteiger partial charge is 0.481 e. The van der Waals surface area contributed by atoms with E-state index in [-0.39, 0.29) is 11.5 Å². The Morgan fingerprint density at radius 2 is 2.00 bits per heavy atom. The average Bonchev–Trinajstić information content (AvgIpc) is 2.22. The van der Waals surface area contributed by atoms with Crippen LogP contribution in [0.5, 0.6) is 0 Å². The first-order valence-electron chi connectivity index (χ1n) is 3.95. The summed E-state index contributed by atoms with van der Waals surface area (Å²) in [6.07, 6.45) is -1.03. The minimum absolute atomic E-state index is 0.221. The molecule has 1 saturated heterocycles. The second-order valence-electron chi connectivity index (χ2n) is 3.44. The molecule has 1 aliphatic rings. The Hall–Kier alpha value is -0.620. The highest BCUT2D eigenvalue weighted by Gasteiger charge is 2.41. The molecule has 1 heterocycles. The molecule has 3 unspecified atom stereocenters. The van der Waals surface area contributed by atoms with E-state index in [4.69, 9.17) is 5.11 Å². The zero-order valence-corrected chi connectivity index (χ0v) is 7.99. The number of aliphatic carboxylic acids is 1. The SMILES string of the molecule is CC(C(=O)O)C1CS(=O)(=O)CC1O. The second-order valence-corrected chi connectivity index (χ2v) is 5.59. The predicted molar refractivity (Wildman–Crippen MR) is 45.0 cm³/mol. The summed E-state index contributed by atoms with van der Waals surface area (Å²) in [5.74, 6) is -3.08. The van der Waals surface area contributed by atoms with Gasteiger partial charge in [0.25, 0.3) is 0 Å². The maximum Gasteiger partial charge on any atom is 0.306 e. The molecule has 0 spiro atoms. The number of hydrogen-bond acceptors (Lipinski definition) is 4. The van der Waals surface area contributed by atoms with Crippen LogP contribution < -0.4 is 0 Å². The zero-order valence-electron chi connectivity index (χ0n) is 7.17. The van der Waals surface area contributed by atoms with Gasteiger partial charge in [-0.1, -0.05) is 6.92 Å². The van der Waals surface area contributed by atoms with Crippen molar-refractivity contribution in [2.24, 2.45) is 11.8 Å². The maximum absolute atomic E-state index is 11.0. The first-order valence-corrected chi connectivity index (χ1v) is 5.77. The van der Waals surface area contributed by atoms with Gasteiger partial charge in [0.2, 0.25) is 0 Å². The molecule has 1 fully saturated rings. The van der Waals surface area contributed by atoms with Crippen LogP contribution in [0.4, 0.5) is 0 Å². The van der Waals surface area contributed by atoms with Crippen molar-refractivity contribution in [3.8, 4) is 0 Å². The van der Waals surface area contributed by atoms with Crippen molar-refractivity contribution in [3.05, 3.63) is 0 Å². The maximum atomic E-state index is 11.0. The summed E-state index contributed by atoms with van der Waals surface area (Å²) in [6.45, 7) is 1.41. The highest BCUT2D eigenvalue weighted by Crippen LogP contribution is 2.26. The normalized spacial score (nSPS) is 34.3. The van der Waals surface area contributed by atoms with Crippen LogP contribution in [0.25, 0.3) is 0 Å². The molecule has 0 aromatic carbocycles. The lowest BCUT2D eigenvalue weighted by Gasteiger charge is -2.16. The number of hydrogen-bond donors (Lipinski definition) is 2. The predicted octanol–water partition coefficient (Wildman–Crippen LogP) is -0.887. The fourth-order valence-electron chi connectivity index (χ4n) is 1.52. The summed E-state index contributed by atoms with van der Waals surface area (Å²) in [4.78, 5) is 10.5. The van der Waals surface area contributed by atoms with E-state index in [1.807, 2.05) is 0 Å². The molecule has 5 nitrogen and oxygen atoms in total. The number of rotatable bonds is 2. The lowest BCUT2D eigenvalue weighted by atomic mass is 9.92. The van der Waals surface area contributed by atoms with Gasteiger partial charge in [-0.05, 0) is 0 Å². The van der Waals surface area contributed by atoms with E-state index < -0.39 is 33.7 Å². The third-order valence-corrected chi connectivity index (χ3v) is 4.14. The Morgan fingerprint density at radius 3 is 2.31 bits per heavy atom. The highest BCUT2D eigenvalue weighted by molar-refractivity contribution is 7.91. The van der Waals surface area contributed by atoms with Gasteiger partial charge < -0.3 is 10.2 Å². The van der Waals surface area contributed by atoms with Crippen molar-refractivity contribution < 1.29 is 23.4 Å². The summed E-state index contributed by atoms with van der Waals surface area (Å²) in [6, 6.07) is 0. The van der Waals surface area contributed by atoms with Crippen molar-refractivity contribution in [1.29, 1.82) is 0 Å². The number of carboxylic acids is 1. The molecule has 3 atom stereocenters. The van der Waals surface area contributed by atoms with E-state index in [2.05, 4.69) is 0 Å². The number of aliphatic hydroxyl groups is 1. The van der Waals surface area contributed by atoms with E-state index >= 15 is 0 Å². The smallest absolute Gasteiger partial charge is 0.306 e. The molecule has 0 saturated carbocycles. The van der Waals surface area contributed by atoms with Crippen molar-refractivity contribution >= 4 is 15.8 Å². The van der Waals surface area contributed by atoms with Gasteiger partial charge >= 0.3 is 5.97 Å². The van der Waals surface area contributed by atoms with E-state index in [1.165, 1.54) is 6.92 Å². The van der Waals surface area contributed by atoms with Crippen LogP contribution in [0, 0.1) is 11.8 Å². The van der Waals surface area contributed by atoms with Crippen LogP contribution >= 0.6 is 0 Å². The third kappa shape index (κ3) is 2.19. The summed E-state index contributed by atoms with van der Waals surface area (Å²) in [7, 11) is -3.24. The molecule has 0 aromatic rings. The molecule has 6 heteroatoms. The number of carbonyl (C=O) groups is 1. The fourth-order valence-corrected chi connectivity index (χ4v) is 3.52. The van der Waals surface area contributed by atoms with Gasteiger partial charge in [0.1, 0.15) is 0 Å². The molecule has 0 aromatic heterocycles. The van der Waals surface area contributed by atoms with Crippen molar-refractivity contribution in [2.75, 3.05) is 11.5 Å². The number of carboxylic acid groups (broad SMARTS) is 1. The molecular weight excluding hydrogens is 196 g/mol. The lowest BCUT2D eigenvalue weighted by molar-refractivity contribution is -0.143. The molecule has 13 heavy (non-hydrogen) atoms. The third-order valence-electron chi connectivity index (χ3n) is 2.40. The van der Waals surface area contributed by atoms with Gasteiger partial charge in [0.15, 0.2) is 9.84 Å². The molecular formula is C7H12O5S. The Balaban J connectivity index is 2.79. The van der Waals surface area contributed by atoms with Gasteiger partial charge in [-0.15, -0.1) is 0 Å². The summed E-state index contributed by atoms with van der Waals surface area (Å²) < 4.78 is 22.1. The van der Waals surface area contributed by atoms with Crippen molar-refractivity contribution in [2.45, 2.75) is 13.0 Å². The van der Waals surface area contributed by atoms with Gasteiger partial charge in [-0.2, -0.15) is 0 Å². The molecule has 76 valence electrons. The molecule has 2 N–H and O–H groups in total. The monoisotopic (exact) mass is 208 g/mol. The highest BCUT2D eigenvalue weighted by atomic mass is 32.2. The first kappa shape index (κ1) is 10.5. The summed E-state index contributed by atoms with van der Waals surface area (Å²) >= 11 is 0. The van der Waals surface area contributed by atoms with Crippen LogP contribution in [-0.2, 0) is 14.6 Å². The molecule has 1 aliphatic heterocycles. The van der Waals surface area contributed by atoms with Gasteiger partial charge in [-0.3, -0.25) is 4.79 Å². The van der Waals surface area contributed by atoms with E-state index in [0.717, 1.165) is 0 Å². The first-order chi connectivity index (χ1) is 5.83. The summed E-state index contributed by atoms with van der Waals surface area (Å²) in [5, 5.41) is 17.9. The average molecular weight is 208 g/mol. The molecule has 0 aliphatic carbocycles. The topological polar surface area (TPSA) is 91.7 Å². The summed E-state index contributed by atoms with van der Waals surface area (Å²) in [5.41, 5.74) is 0. The van der Waals surface area contributed by atoms with Crippen LogP contribution in [-0.4, -0.2) is 42.2 Å².